The van der Waals surface area contributed by atoms with Gasteiger partial charge in [0, 0.05) is 12.5 Å². The van der Waals surface area contributed by atoms with Crippen molar-refractivity contribution in [1.29, 1.82) is 0 Å². The Morgan fingerprint density at radius 3 is 2.12 bits per heavy atom. The van der Waals surface area contributed by atoms with Crippen LogP contribution >= 0.6 is 0 Å². The molecule has 0 aliphatic carbocycles. The molecule has 16 heavy (non-hydrogen) atoms. The summed E-state index contributed by atoms with van der Waals surface area (Å²) >= 11 is 0. The molecule has 0 aromatic heterocycles. The summed E-state index contributed by atoms with van der Waals surface area (Å²) in [5, 5.41) is 3.13. The van der Waals surface area contributed by atoms with Gasteiger partial charge in [0.2, 0.25) is 0 Å². The van der Waals surface area contributed by atoms with Crippen LogP contribution in [0.2, 0.25) is 0 Å². The summed E-state index contributed by atoms with van der Waals surface area (Å²) in [6.07, 6.45) is -1.54. The molecule has 0 heterocycles. The Hall–Kier alpha value is -0.250. The van der Waals surface area contributed by atoms with Crippen LogP contribution in [0.3, 0.4) is 0 Å². The van der Waals surface area contributed by atoms with Crippen molar-refractivity contribution >= 4 is 0 Å². The van der Waals surface area contributed by atoms with Gasteiger partial charge in [0.25, 0.3) is 0 Å². The summed E-state index contributed by atoms with van der Waals surface area (Å²) in [4.78, 5) is 0. The molecule has 4 heteroatoms. The van der Waals surface area contributed by atoms with Gasteiger partial charge in [-0.3, -0.25) is 0 Å². The van der Waals surface area contributed by atoms with E-state index in [0.29, 0.717) is 5.92 Å². The number of alkyl halides is 3. The number of nitrogens with one attached hydrogen (secondary N) is 1. The molecule has 0 radical (unpaired) electrons. The van der Waals surface area contributed by atoms with Crippen LogP contribution in [0.1, 0.15) is 52.9 Å². The van der Waals surface area contributed by atoms with E-state index >= 15 is 0 Å². The van der Waals surface area contributed by atoms with Crippen LogP contribution < -0.4 is 5.32 Å². The first kappa shape index (κ1) is 15.8. The van der Waals surface area contributed by atoms with E-state index in [1.807, 2.05) is 6.92 Å². The second kappa shape index (κ2) is 7.93. The van der Waals surface area contributed by atoms with Crippen LogP contribution in [0, 0.1) is 5.92 Å². The molecule has 0 rings (SSSR count). The molecule has 1 nitrogen and oxygen atoms in total. The summed E-state index contributed by atoms with van der Waals surface area (Å²) in [7, 11) is 0. The highest BCUT2D eigenvalue weighted by atomic mass is 19.4. The van der Waals surface area contributed by atoms with E-state index in [1.165, 1.54) is 0 Å². The third-order valence-electron chi connectivity index (χ3n) is 2.60. The molecule has 0 aromatic rings. The van der Waals surface area contributed by atoms with Crippen LogP contribution in [-0.2, 0) is 0 Å². The first-order valence-corrected chi connectivity index (χ1v) is 6.15. The second-order valence-corrected chi connectivity index (χ2v) is 4.73. The minimum absolute atomic E-state index is 0.0189. The molecule has 0 amide bonds. The maximum Gasteiger partial charge on any atom is 0.389 e. The SMILES string of the molecule is CCNC(CCCC(C)C)CCC(F)(F)F. The van der Waals surface area contributed by atoms with Gasteiger partial charge in [-0.05, 0) is 25.3 Å². The molecular weight excluding hydrogens is 215 g/mol. The van der Waals surface area contributed by atoms with Gasteiger partial charge in [0.05, 0.1) is 0 Å². The smallest absolute Gasteiger partial charge is 0.314 e. The molecule has 1 N–H and O–H groups in total. The summed E-state index contributed by atoms with van der Waals surface area (Å²) in [6, 6.07) is 0.0189. The third-order valence-corrected chi connectivity index (χ3v) is 2.60. The molecule has 0 aromatic carbocycles. The number of hydrogen-bond donors (Lipinski definition) is 1. The Morgan fingerprint density at radius 2 is 1.69 bits per heavy atom. The van der Waals surface area contributed by atoms with Gasteiger partial charge in [-0.2, -0.15) is 13.2 Å². The van der Waals surface area contributed by atoms with E-state index < -0.39 is 12.6 Å². The first-order valence-electron chi connectivity index (χ1n) is 6.15. The highest BCUT2D eigenvalue weighted by Gasteiger charge is 2.27. The average molecular weight is 239 g/mol. The fourth-order valence-electron chi connectivity index (χ4n) is 1.75. The van der Waals surface area contributed by atoms with Gasteiger partial charge in [0.1, 0.15) is 0 Å². The van der Waals surface area contributed by atoms with E-state index in [9.17, 15) is 13.2 Å². The van der Waals surface area contributed by atoms with Crippen molar-refractivity contribution in [3.8, 4) is 0 Å². The molecule has 98 valence electrons. The predicted octanol–water partition coefficient (Wildman–Crippen LogP) is 4.13. The quantitative estimate of drug-likeness (QED) is 0.671. The molecule has 0 fully saturated rings. The van der Waals surface area contributed by atoms with Crippen LogP contribution in [0.4, 0.5) is 13.2 Å². The van der Waals surface area contributed by atoms with Gasteiger partial charge in [-0.25, -0.2) is 0 Å². The number of halogens is 3. The number of hydrogen-bond acceptors (Lipinski definition) is 1. The second-order valence-electron chi connectivity index (χ2n) is 4.73. The van der Waals surface area contributed by atoms with Crippen molar-refractivity contribution in [2.24, 2.45) is 5.92 Å². The summed E-state index contributed by atoms with van der Waals surface area (Å²) in [6.45, 7) is 6.95. The van der Waals surface area contributed by atoms with Gasteiger partial charge in [-0.1, -0.05) is 33.6 Å². The molecule has 0 spiro atoms. The molecule has 0 aliphatic rings. The van der Waals surface area contributed by atoms with Crippen LogP contribution in [0.25, 0.3) is 0 Å². The summed E-state index contributed by atoms with van der Waals surface area (Å²) in [5.41, 5.74) is 0. The lowest BCUT2D eigenvalue weighted by Gasteiger charge is -2.19. The van der Waals surface area contributed by atoms with Crippen molar-refractivity contribution in [3.63, 3.8) is 0 Å². The van der Waals surface area contributed by atoms with Crippen molar-refractivity contribution < 1.29 is 13.2 Å². The maximum atomic E-state index is 12.1. The van der Waals surface area contributed by atoms with Crippen LogP contribution in [0.15, 0.2) is 0 Å². The highest BCUT2D eigenvalue weighted by molar-refractivity contribution is 4.68. The monoisotopic (exact) mass is 239 g/mol. The van der Waals surface area contributed by atoms with Gasteiger partial charge in [0.15, 0.2) is 0 Å². The lowest BCUT2D eigenvalue weighted by Crippen LogP contribution is -2.30. The third kappa shape index (κ3) is 10.3. The van der Waals surface area contributed by atoms with E-state index in [-0.39, 0.29) is 12.5 Å². The topological polar surface area (TPSA) is 12.0 Å². The fourth-order valence-corrected chi connectivity index (χ4v) is 1.75. The normalized spacial score (nSPS) is 14.4. The minimum Gasteiger partial charge on any atom is -0.314 e. The zero-order chi connectivity index (χ0) is 12.6. The lowest BCUT2D eigenvalue weighted by atomic mass is 10.00. The van der Waals surface area contributed by atoms with Crippen molar-refractivity contribution in [2.45, 2.75) is 65.1 Å². The van der Waals surface area contributed by atoms with Crippen LogP contribution in [-0.4, -0.2) is 18.8 Å². The van der Waals surface area contributed by atoms with E-state index in [2.05, 4.69) is 19.2 Å². The molecule has 0 saturated carbocycles. The average Bonchev–Trinajstić information content (AvgIpc) is 2.12. The Balaban J connectivity index is 3.79. The van der Waals surface area contributed by atoms with Gasteiger partial charge in [-0.15, -0.1) is 0 Å². The molecule has 0 aliphatic heterocycles. The number of rotatable bonds is 8. The highest BCUT2D eigenvalue weighted by Crippen LogP contribution is 2.23. The predicted molar refractivity (Wildman–Crippen MR) is 61.4 cm³/mol. The Bertz CT molecular complexity index is 166. The van der Waals surface area contributed by atoms with Gasteiger partial charge < -0.3 is 5.32 Å². The first-order chi connectivity index (χ1) is 7.35. The van der Waals surface area contributed by atoms with E-state index in [4.69, 9.17) is 0 Å². The van der Waals surface area contributed by atoms with E-state index in [1.54, 1.807) is 0 Å². The molecule has 0 saturated heterocycles. The summed E-state index contributed by atoms with van der Waals surface area (Å²) in [5.74, 6) is 0.630. The van der Waals surface area contributed by atoms with Crippen molar-refractivity contribution in [1.82, 2.24) is 5.32 Å². The zero-order valence-corrected chi connectivity index (χ0v) is 10.5. The van der Waals surface area contributed by atoms with E-state index in [0.717, 1.165) is 25.8 Å². The molecule has 0 bridgehead atoms. The minimum atomic E-state index is -4.02. The molecule has 1 unspecified atom stereocenters. The lowest BCUT2D eigenvalue weighted by molar-refractivity contribution is -0.136. The largest absolute Gasteiger partial charge is 0.389 e. The van der Waals surface area contributed by atoms with Gasteiger partial charge >= 0.3 is 6.18 Å². The maximum absolute atomic E-state index is 12.1. The fraction of sp³-hybridized carbons (Fsp3) is 1.00. The Morgan fingerprint density at radius 1 is 1.06 bits per heavy atom. The summed E-state index contributed by atoms with van der Waals surface area (Å²) < 4.78 is 36.2. The molecular formula is C12H24F3N. The van der Waals surface area contributed by atoms with Crippen LogP contribution in [0.5, 0.6) is 0 Å². The Kier molecular flexibility index (Phi) is 7.81. The van der Waals surface area contributed by atoms with Crippen molar-refractivity contribution in [3.05, 3.63) is 0 Å². The van der Waals surface area contributed by atoms with Crippen molar-refractivity contribution in [2.75, 3.05) is 6.54 Å². The standard InChI is InChI=1S/C12H24F3N/c1-4-16-11(7-5-6-10(2)3)8-9-12(13,14)15/h10-11,16H,4-9H2,1-3H3. The Labute approximate surface area is 96.8 Å². The zero-order valence-electron chi connectivity index (χ0n) is 10.5. The molecule has 1 atom stereocenters.